The van der Waals surface area contributed by atoms with Gasteiger partial charge in [0.05, 0.1) is 11.7 Å². The lowest BCUT2D eigenvalue weighted by atomic mass is 9.68. The maximum Gasteiger partial charge on any atom is 0.326 e. The summed E-state index contributed by atoms with van der Waals surface area (Å²) in [5, 5.41) is 23.3. The zero-order chi connectivity index (χ0) is 23.9. The van der Waals surface area contributed by atoms with Gasteiger partial charge in [-0.05, 0) is 48.6 Å². The first-order valence-corrected chi connectivity index (χ1v) is 11.4. The highest BCUT2D eigenvalue weighted by Gasteiger charge is 2.43. The average molecular weight is 462 g/mol. The molecule has 2 aliphatic rings. The second-order valence-corrected chi connectivity index (χ2v) is 9.33. The number of aromatic amines is 1. The number of carboxylic acid groups (broad SMARTS) is 1. The van der Waals surface area contributed by atoms with E-state index < -0.39 is 18.0 Å². The summed E-state index contributed by atoms with van der Waals surface area (Å²) in [5.41, 5.74) is 4.37. The Balaban J connectivity index is 1.27. The number of urea groups is 1. The predicted molar refractivity (Wildman–Crippen MR) is 127 cm³/mol. The minimum Gasteiger partial charge on any atom is -0.480 e. The van der Waals surface area contributed by atoms with Gasteiger partial charge in [-0.15, -0.1) is 0 Å². The summed E-state index contributed by atoms with van der Waals surface area (Å²) < 4.78 is 0. The highest BCUT2D eigenvalue weighted by atomic mass is 16.4. The lowest BCUT2D eigenvalue weighted by Crippen LogP contribution is -2.54. The number of H-pyrrole nitrogens is 1. The van der Waals surface area contributed by atoms with E-state index in [4.69, 9.17) is 0 Å². The van der Waals surface area contributed by atoms with Gasteiger partial charge in [0.25, 0.3) is 0 Å². The number of para-hydroxylation sites is 1. The van der Waals surface area contributed by atoms with Crippen LogP contribution in [0, 0.1) is 6.92 Å². The van der Waals surface area contributed by atoms with Crippen LogP contribution in [0.3, 0.4) is 0 Å². The van der Waals surface area contributed by atoms with Gasteiger partial charge >= 0.3 is 12.0 Å². The zero-order valence-electron chi connectivity index (χ0n) is 18.9. The molecule has 9 heteroatoms. The van der Waals surface area contributed by atoms with Crippen molar-refractivity contribution < 1.29 is 19.5 Å². The van der Waals surface area contributed by atoms with Crippen molar-refractivity contribution in [2.75, 3.05) is 18.4 Å². The number of hydrogen-bond acceptors (Lipinski definition) is 4. The molecule has 0 saturated carbocycles. The Morgan fingerprint density at radius 1 is 1.24 bits per heavy atom. The van der Waals surface area contributed by atoms with Crippen molar-refractivity contribution in [1.82, 2.24) is 20.4 Å². The number of hydrogen-bond donors (Lipinski definition) is 4. The number of nitrogens with zero attached hydrogens (tertiary/aromatic N) is 2. The number of carboxylic acids is 1. The standard InChI is InChI=1S/C25H27N5O4/c1-15-10-16(11-17-14-26-29-22(15)17)12-20(23(32)33)28-24(34)30-8-6-25(7-9-30)13-21(31)27-19-5-3-2-4-18(19)25/h2-5,10-11,14,20H,6-9,12-13H2,1H3,(H,26,29)(H,27,31)(H,28,34)(H,32,33). The van der Waals surface area contributed by atoms with Crippen LogP contribution in [0.1, 0.15) is 36.0 Å². The minimum atomic E-state index is -1.08. The lowest BCUT2D eigenvalue weighted by molar-refractivity contribution is -0.139. The topological polar surface area (TPSA) is 127 Å². The number of likely N-dealkylation sites (tertiary alicyclic amines) is 1. The summed E-state index contributed by atoms with van der Waals surface area (Å²) in [6, 6.07) is 10.2. The number of benzene rings is 2. The molecule has 1 fully saturated rings. The van der Waals surface area contributed by atoms with Gasteiger partial charge in [0.1, 0.15) is 6.04 Å². The molecule has 3 amide bonds. The Morgan fingerprint density at radius 2 is 2.00 bits per heavy atom. The van der Waals surface area contributed by atoms with Crippen LogP contribution in [0.15, 0.2) is 42.6 Å². The maximum absolute atomic E-state index is 13.0. The second-order valence-electron chi connectivity index (χ2n) is 9.33. The summed E-state index contributed by atoms with van der Waals surface area (Å²) in [7, 11) is 0. The Labute approximate surface area is 196 Å². The number of aromatic nitrogens is 2. The Morgan fingerprint density at radius 3 is 2.76 bits per heavy atom. The first-order valence-electron chi connectivity index (χ1n) is 11.4. The number of piperidine rings is 1. The van der Waals surface area contributed by atoms with Crippen LogP contribution in [-0.2, 0) is 21.4 Å². The van der Waals surface area contributed by atoms with Gasteiger partial charge in [0, 0.05) is 42.4 Å². The Hall–Kier alpha value is -3.88. The van der Waals surface area contributed by atoms with Crippen molar-refractivity contribution >= 4 is 34.5 Å². The van der Waals surface area contributed by atoms with Crippen LogP contribution in [0.25, 0.3) is 10.9 Å². The number of amides is 3. The van der Waals surface area contributed by atoms with Gasteiger partial charge in [-0.2, -0.15) is 5.10 Å². The van der Waals surface area contributed by atoms with E-state index in [1.54, 1.807) is 11.1 Å². The average Bonchev–Trinajstić information content (AvgIpc) is 3.28. The number of aryl methyl sites for hydroxylation is 1. The number of aliphatic carboxylic acids is 1. The van der Waals surface area contributed by atoms with E-state index in [0.717, 1.165) is 33.3 Å². The van der Waals surface area contributed by atoms with E-state index in [1.807, 2.05) is 43.3 Å². The molecular formula is C25H27N5O4. The fourth-order valence-corrected chi connectivity index (χ4v) is 5.34. The molecule has 2 aliphatic heterocycles. The molecule has 4 N–H and O–H groups in total. The highest BCUT2D eigenvalue weighted by Crippen LogP contribution is 2.44. The van der Waals surface area contributed by atoms with E-state index in [9.17, 15) is 19.5 Å². The second kappa shape index (κ2) is 8.48. The molecule has 1 saturated heterocycles. The van der Waals surface area contributed by atoms with Crippen molar-refractivity contribution in [3.05, 3.63) is 59.3 Å². The first-order chi connectivity index (χ1) is 16.3. The molecule has 1 unspecified atom stereocenters. The van der Waals surface area contributed by atoms with Crippen molar-refractivity contribution in [2.45, 2.75) is 44.1 Å². The molecule has 1 aromatic heterocycles. The molecule has 1 spiro atoms. The van der Waals surface area contributed by atoms with Crippen LogP contribution in [0.4, 0.5) is 10.5 Å². The molecule has 0 aliphatic carbocycles. The SMILES string of the molecule is Cc1cc(CC(NC(=O)N2CCC3(CC2)CC(=O)Nc2ccccc23)C(=O)O)cc2cn[nH]c12. The molecule has 5 rings (SSSR count). The van der Waals surface area contributed by atoms with E-state index in [2.05, 4.69) is 20.8 Å². The molecule has 176 valence electrons. The lowest BCUT2D eigenvalue weighted by Gasteiger charge is -2.44. The van der Waals surface area contributed by atoms with Crippen molar-refractivity contribution in [1.29, 1.82) is 0 Å². The molecular weight excluding hydrogens is 434 g/mol. The Kier molecular flexibility index (Phi) is 5.47. The van der Waals surface area contributed by atoms with Crippen LogP contribution >= 0.6 is 0 Å². The first kappa shape index (κ1) is 21.9. The quantitative estimate of drug-likeness (QED) is 0.475. The smallest absolute Gasteiger partial charge is 0.326 e. The number of carbonyl (C=O) groups excluding carboxylic acids is 2. The fraction of sp³-hybridized carbons (Fsp3) is 0.360. The molecule has 1 atom stereocenters. The van der Waals surface area contributed by atoms with E-state index in [-0.39, 0.29) is 17.7 Å². The van der Waals surface area contributed by atoms with Crippen LogP contribution in [0.2, 0.25) is 0 Å². The molecule has 3 heterocycles. The molecule has 34 heavy (non-hydrogen) atoms. The zero-order valence-corrected chi connectivity index (χ0v) is 18.9. The summed E-state index contributed by atoms with van der Waals surface area (Å²) in [6.07, 6.45) is 3.58. The van der Waals surface area contributed by atoms with E-state index in [1.165, 1.54) is 0 Å². The van der Waals surface area contributed by atoms with Gasteiger partial charge < -0.3 is 20.6 Å². The van der Waals surface area contributed by atoms with Crippen LogP contribution in [0.5, 0.6) is 0 Å². The highest BCUT2D eigenvalue weighted by molar-refractivity contribution is 5.95. The largest absolute Gasteiger partial charge is 0.480 e. The normalized spacial score (nSPS) is 17.8. The van der Waals surface area contributed by atoms with Crippen molar-refractivity contribution in [2.24, 2.45) is 0 Å². The molecule has 9 nitrogen and oxygen atoms in total. The van der Waals surface area contributed by atoms with E-state index in [0.29, 0.717) is 32.4 Å². The fourth-order valence-electron chi connectivity index (χ4n) is 5.34. The predicted octanol–water partition coefficient (Wildman–Crippen LogP) is 2.95. The third kappa shape index (κ3) is 3.98. The van der Waals surface area contributed by atoms with Crippen LogP contribution in [-0.4, -0.2) is 57.2 Å². The minimum absolute atomic E-state index is 0.00701. The summed E-state index contributed by atoms with van der Waals surface area (Å²) in [5.74, 6) is -1.09. The van der Waals surface area contributed by atoms with Crippen molar-refractivity contribution in [3.8, 4) is 0 Å². The molecule has 0 radical (unpaired) electrons. The molecule has 3 aromatic rings. The van der Waals surface area contributed by atoms with Crippen molar-refractivity contribution in [3.63, 3.8) is 0 Å². The maximum atomic E-state index is 13.0. The van der Waals surface area contributed by atoms with Gasteiger partial charge in [-0.1, -0.05) is 24.3 Å². The summed E-state index contributed by atoms with van der Waals surface area (Å²) >= 11 is 0. The third-order valence-corrected chi connectivity index (χ3v) is 7.12. The number of anilines is 1. The van der Waals surface area contributed by atoms with Gasteiger partial charge in [0.2, 0.25) is 5.91 Å². The monoisotopic (exact) mass is 461 g/mol. The summed E-state index contributed by atoms with van der Waals surface area (Å²) in [6.45, 7) is 2.85. The van der Waals surface area contributed by atoms with Gasteiger partial charge in [0.15, 0.2) is 0 Å². The van der Waals surface area contributed by atoms with E-state index >= 15 is 0 Å². The number of nitrogens with one attached hydrogen (secondary N) is 3. The molecule has 2 aromatic carbocycles. The number of carbonyl (C=O) groups is 3. The number of fused-ring (bicyclic) bond motifs is 3. The van der Waals surface area contributed by atoms with Crippen LogP contribution < -0.4 is 10.6 Å². The number of rotatable bonds is 4. The Bertz CT molecular complexity index is 1280. The van der Waals surface area contributed by atoms with Gasteiger partial charge in [-0.3, -0.25) is 9.89 Å². The summed E-state index contributed by atoms with van der Waals surface area (Å²) in [4.78, 5) is 38.9. The molecule has 0 bridgehead atoms. The third-order valence-electron chi connectivity index (χ3n) is 7.12. The van der Waals surface area contributed by atoms with Gasteiger partial charge in [-0.25, -0.2) is 9.59 Å².